The van der Waals surface area contributed by atoms with Crippen LogP contribution in [0, 0.1) is 0 Å². The highest BCUT2D eigenvalue weighted by Crippen LogP contribution is 2.20. The molecule has 3 heteroatoms. The topological polar surface area (TPSA) is 27.8 Å². The highest BCUT2D eigenvalue weighted by atomic mass is 79.9. The van der Waals surface area contributed by atoms with E-state index in [1.54, 1.807) is 0 Å². The van der Waals surface area contributed by atoms with Crippen molar-refractivity contribution in [2.24, 2.45) is 0 Å². The average Bonchev–Trinajstić information content (AvgIpc) is 2.89. The van der Waals surface area contributed by atoms with Gasteiger partial charge in [0.2, 0.25) is 0 Å². The molecule has 0 bridgehead atoms. The standard InChI is InChI=1S/C17H17BrN2/c1-12(13-6-8-15(18)9-7-13)19-10-14-11-20-17-5-3-2-4-16(14)17/h2-9,11-12,19-20H,10H2,1H3. The van der Waals surface area contributed by atoms with Gasteiger partial charge in [0.15, 0.2) is 0 Å². The van der Waals surface area contributed by atoms with Gasteiger partial charge in [0, 0.05) is 34.2 Å². The Balaban J connectivity index is 1.71. The van der Waals surface area contributed by atoms with E-state index in [9.17, 15) is 0 Å². The van der Waals surface area contributed by atoms with Gasteiger partial charge in [-0.2, -0.15) is 0 Å². The predicted octanol–water partition coefficient (Wildman–Crippen LogP) is 4.78. The third-order valence-electron chi connectivity index (χ3n) is 3.64. The molecule has 3 aromatic rings. The van der Waals surface area contributed by atoms with Crippen LogP contribution in [0.15, 0.2) is 59.2 Å². The maximum Gasteiger partial charge on any atom is 0.0457 e. The van der Waals surface area contributed by atoms with Gasteiger partial charge in [-0.25, -0.2) is 0 Å². The molecular weight excluding hydrogens is 312 g/mol. The molecule has 0 aliphatic heterocycles. The van der Waals surface area contributed by atoms with E-state index < -0.39 is 0 Å². The van der Waals surface area contributed by atoms with E-state index in [1.807, 2.05) is 0 Å². The third kappa shape index (κ3) is 2.79. The van der Waals surface area contributed by atoms with Crippen LogP contribution >= 0.6 is 15.9 Å². The first-order valence-electron chi connectivity index (χ1n) is 6.78. The fourth-order valence-electron chi connectivity index (χ4n) is 2.41. The predicted molar refractivity (Wildman–Crippen MR) is 87.7 cm³/mol. The van der Waals surface area contributed by atoms with Crippen molar-refractivity contribution in [2.45, 2.75) is 19.5 Å². The Kier molecular flexibility index (Phi) is 3.90. The molecule has 0 aliphatic carbocycles. The van der Waals surface area contributed by atoms with Gasteiger partial charge in [-0.15, -0.1) is 0 Å². The number of nitrogens with one attached hydrogen (secondary N) is 2. The van der Waals surface area contributed by atoms with Gasteiger partial charge in [0.1, 0.15) is 0 Å². The molecule has 1 heterocycles. The number of halogens is 1. The summed E-state index contributed by atoms with van der Waals surface area (Å²) < 4.78 is 1.12. The molecule has 0 saturated carbocycles. The van der Waals surface area contributed by atoms with E-state index in [0.717, 1.165) is 11.0 Å². The minimum Gasteiger partial charge on any atom is -0.361 e. The second kappa shape index (κ2) is 5.81. The molecule has 102 valence electrons. The minimum absolute atomic E-state index is 0.330. The summed E-state index contributed by atoms with van der Waals surface area (Å²) in [6.45, 7) is 3.05. The summed E-state index contributed by atoms with van der Waals surface area (Å²) in [4.78, 5) is 3.31. The van der Waals surface area contributed by atoms with Gasteiger partial charge >= 0.3 is 0 Å². The van der Waals surface area contributed by atoms with Crippen LogP contribution in [0.3, 0.4) is 0 Å². The molecule has 1 atom stereocenters. The molecule has 2 N–H and O–H groups in total. The summed E-state index contributed by atoms with van der Waals surface area (Å²) in [6, 6.07) is 17.2. The molecule has 20 heavy (non-hydrogen) atoms. The molecule has 2 aromatic carbocycles. The lowest BCUT2D eigenvalue weighted by Crippen LogP contribution is -2.17. The van der Waals surface area contributed by atoms with Crippen molar-refractivity contribution >= 4 is 26.8 Å². The highest BCUT2D eigenvalue weighted by Gasteiger charge is 2.07. The molecule has 3 rings (SSSR count). The Morgan fingerprint density at radius 1 is 1.10 bits per heavy atom. The van der Waals surface area contributed by atoms with Gasteiger partial charge in [0.05, 0.1) is 0 Å². The molecule has 0 amide bonds. The zero-order valence-corrected chi connectivity index (χ0v) is 12.9. The van der Waals surface area contributed by atoms with E-state index in [-0.39, 0.29) is 0 Å². The molecule has 0 spiro atoms. The largest absolute Gasteiger partial charge is 0.361 e. The van der Waals surface area contributed by atoms with Crippen LogP contribution in [0.5, 0.6) is 0 Å². The number of hydrogen-bond acceptors (Lipinski definition) is 1. The number of H-pyrrole nitrogens is 1. The molecule has 0 aliphatic rings. The van der Waals surface area contributed by atoms with E-state index in [1.165, 1.54) is 22.0 Å². The van der Waals surface area contributed by atoms with Gasteiger partial charge in [-0.1, -0.05) is 46.3 Å². The summed E-state index contributed by atoms with van der Waals surface area (Å²) in [7, 11) is 0. The van der Waals surface area contributed by atoms with E-state index >= 15 is 0 Å². The van der Waals surface area contributed by atoms with Crippen molar-refractivity contribution in [3.63, 3.8) is 0 Å². The third-order valence-corrected chi connectivity index (χ3v) is 4.17. The number of hydrogen-bond donors (Lipinski definition) is 2. The summed E-state index contributed by atoms with van der Waals surface area (Å²) in [5, 5.41) is 4.87. The van der Waals surface area contributed by atoms with Crippen molar-refractivity contribution in [2.75, 3.05) is 0 Å². The fourth-order valence-corrected chi connectivity index (χ4v) is 2.67. The molecule has 1 unspecified atom stereocenters. The Morgan fingerprint density at radius 2 is 1.85 bits per heavy atom. The van der Waals surface area contributed by atoms with Crippen LogP contribution in [0.25, 0.3) is 10.9 Å². The van der Waals surface area contributed by atoms with Crippen molar-refractivity contribution in [3.05, 3.63) is 70.3 Å². The van der Waals surface area contributed by atoms with Crippen LogP contribution in [0.1, 0.15) is 24.1 Å². The number of rotatable bonds is 4. The number of fused-ring (bicyclic) bond motifs is 1. The van der Waals surface area contributed by atoms with Gasteiger partial charge in [-0.3, -0.25) is 0 Å². The Morgan fingerprint density at radius 3 is 2.65 bits per heavy atom. The van der Waals surface area contributed by atoms with Crippen molar-refractivity contribution in [1.29, 1.82) is 0 Å². The first kappa shape index (κ1) is 13.4. The number of benzene rings is 2. The Hall–Kier alpha value is -1.58. The second-order valence-corrected chi connectivity index (χ2v) is 5.93. The first-order chi connectivity index (χ1) is 9.74. The lowest BCUT2D eigenvalue weighted by molar-refractivity contribution is 0.576. The maximum absolute atomic E-state index is 3.58. The zero-order chi connectivity index (χ0) is 13.9. The average molecular weight is 329 g/mol. The zero-order valence-electron chi connectivity index (χ0n) is 11.4. The van der Waals surface area contributed by atoms with Crippen LogP contribution in [-0.4, -0.2) is 4.98 Å². The quantitative estimate of drug-likeness (QED) is 0.708. The lowest BCUT2D eigenvalue weighted by Gasteiger charge is -2.14. The van der Waals surface area contributed by atoms with Crippen LogP contribution in [0.2, 0.25) is 0 Å². The van der Waals surface area contributed by atoms with Crippen LogP contribution in [0.4, 0.5) is 0 Å². The summed E-state index contributed by atoms with van der Waals surface area (Å²) in [6.07, 6.45) is 2.09. The van der Waals surface area contributed by atoms with Crippen molar-refractivity contribution in [1.82, 2.24) is 10.3 Å². The molecule has 1 aromatic heterocycles. The number of aromatic nitrogens is 1. The first-order valence-corrected chi connectivity index (χ1v) is 7.57. The lowest BCUT2D eigenvalue weighted by atomic mass is 10.1. The molecule has 0 saturated heterocycles. The molecular formula is C17H17BrN2. The van der Waals surface area contributed by atoms with Gasteiger partial charge < -0.3 is 10.3 Å². The summed E-state index contributed by atoms with van der Waals surface area (Å²) in [5.74, 6) is 0. The van der Waals surface area contributed by atoms with E-state index in [0.29, 0.717) is 6.04 Å². The van der Waals surface area contributed by atoms with E-state index in [2.05, 4.69) is 87.9 Å². The number of para-hydroxylation sites is 1. The normalized spacial score (nSPS) is 12.7. The SMILES string of the molecule is CC(NCc1c[nH]c2ccccc12)c1ccc(Br)cc1. The molecule has 0 radical (unpaired) electrons. The van der Waals surface area contributed by atoms with Gasteiger partial charge in [-0.05, 0) is 36.2 Å². The molecule has 2 nitrogen and oxygen atoms in total. The van der Waals surface area contributed by atoms with Crippen molar-refractivity contribution in [3.8, 4) is 0 Å². The van der Waals surface area contributed by atoms with Gasteiger partial charge in [0.25, 0.3) is 0 Å². The Labute approximate surface area is 127 Å². The monoisotopic (exact) mass is 328 g/mol. The number of aromatic amines is 1. The van der Waals surface area contributed by atoms with Crippen molar-refractivity contribution < 1.29 is 0 Å². The van der Waals surface area contributed by atoms with E-state index in [4.69, 9.17) is 0 Å². The summed E-state index contributed by atoms with van der Waals surface area (Å²) in [5.41, 5.74) is 3.80. The highest BCUT2D eigenvalue weighted by molar-refractivity contribution is 9.10. The fraction of sp³-hybridized carbons (Fsp3) is 0.176. The van der Waals surface area contributed by atoms with Crippen LogP contribution in [-0.2, 0) is 6.54 Å². The smallest absolute Gasteiger partial charge is 0.0457 e. The summed E-state index contributed by atoms with van der Waals surface area (Å²) >= 11 is 3.47. The molecule has 0 fully saturated rings. The minimum atomic E-state index is 0.330. The maximum atomic E-state index is 3.58. The Bertz CT molecular complexity index is 700. The van der Waals surface area contributed by atoms with Crippen LogP contribution < -0.4 is 5.32 Å². The second-order valence-electron chi connectivity index (χ2n) is 5.01.